The Morgan fingerprint density at radius 2 is 1.96 bits per heavy atom. The van der Waals surface area contributed by atoms with Gasteiger partial charge in [0.15, 0.2) is 5.13 Å². The molecule has 0 aliphatic rings. The van der Waals surface area contributed by atoms with Crippen LogP contribution < -0.4 is 9.64 Å². The lowest BCUT2D eigenvalue weighted by molar-refractivity contribution is 0.241. The van der Waals surface area contributed by atoms with E-state index in [-0.39, 0.29) is 0 Å². The molecule has 0 bridgehead atoms. The Balaban J connectivity index is 2.12. The van der Waals surface area contributed by atoms with Gasteiger partial charge in [-0.2, -0.15) is 5.11 Å². The van der Waals surface area contributed by atoms with Gasteiger partial charge in [0.2, 0.25) is 0 Å². The molecule has 0 saturated carbocycles. The maximum absolute atomic E-state index is 7.48. The SMILES string of the molecule is CCN(CC)c1nc2cc(OCCC(C)CC(C)(C)C)c(N=N)cc2s1. The molecular weight excluding hydrogens is 344 g/mol. The number of anilines is 1. The third-order valence-corrected chi connectivity index (χ3v) is 5.52. The molecule has 6 heteroatoms. The lowest BCUT2D eigenvalue weighted by Crippen LogP contribution is -2.21. The van der Waals surface area contributed by atoms with Gasteiger partial charge in [-0.25, -0.2) is 10.5 Å². The maximum atomic E-state index is 7.48. The van der Waals surface area contributed by atoms with Crippen LogP contribution in [0.1, 0.15) is 54.4 Å². The van der Waals surface area contributed by atoms with Crippen molar-refractivity contribution in [2.45, 2.75) is 54.4 Å². The van der Waals surface area contributed by atoms with Gasteiger partial charge in [0.25, 0.3) is 0 Å². The maximum Gasteiger partial charge on any atom is 0.186 e. The van der Waals surface area contributed by atoms with Crippen LogP contribution in [0.2, 0.25) is 0 Å². The van der Waals surface area contributed by atoms with E-state index in [0.29, 0.717) is 29.4 Å². The Hall–Kier alpha value is -1.69. The summed E-state index contributed by atoms with van der Waals surface area (Å²) in [6.07, 6.45) is 2.17. The number of thiazole rings is 1. The van der Waals surface area contributed by atoms with E-state index < -0.39 is 0 Å². The van der Waals surface area contributed by atoms with Gasteiger partial charge < -0.3 is 9.64 Å². The fourth-order valence-corrected chi connectivity index (χ4v) is 4.39. The van der Waals surface area contributed by atoms with Crippen LogP contribution in [0, 0.1) is 16.9 Å². The molecule has 0 radical (unpaired) electrons. The molecule has 1 heterocycles. The second-order valence-corrected chi connectivity index (χ2v) is 9.08. The van der Waals surface area contributed by atoms with Gasteiger partial charge >= 0.3 is 0 Å². The molecule has 0 amide bonds. The summed E-state index contributed by atoms with van der Waals surface area (Å²) in [4.78, 5) is 6.98. The van der Waals surface area contributed by atoms with Gasteiger partial charge in [-0.15, -0.1) is 0 Å². The molecule has 1 unspecified atom stereocenters. The van der Waals surface area contributed by atoms with Crippen molar-refractivity contribution in [3.8, 4) is 5.75 Å². The molecular formula is C20H32N4OS. The van der Waals surface area contributed by atoms with Crippen molar-refractivity contribution in [3.05, 3.63) is 12.1 Å². The van der Waals surface area contributed by atoms with Crippen LogP contribution >= 0.6 is 11.3 Å². The zero-order valence-corrected chi connectivity index (χ0v) is 17.7. The summed E-state index contributed by atoms with van der Waals surface area (Å²) in [5, 5.41) is 4.67. The Kier molecular flexibility index (Phi) is 6.98. The van der Waals surface area contributed by atoms with Crippen LogP contribution in [0.25, 0.3) is 10.2 Å². The van der Waals surface area contributed by atoms with Crippen molar-refractivity contribution >= 4 is 32.4 Å². The molecule has 1 N–H and O–H groups in total. The van der Waals surface area contributed by atoms with E-state index in [1.807, 2.05) is 12.1 Å². The zero-order valence-electron chi connectivity index (χ0n) is 16.9. The fraction of sp³-hybridized carbons (Fsp3) is 0.650. The number of fused-ring (bicyclic) bond motifs is 1. The molecule has 2 rings (SSSR count). The number of benzene rings is 1. The van der Waals surface area contributed by atoms with Gasteiger partial charge in [-0.05, 0) is 44.1 Å². The van der Waals surface area contributed by atoms with E-state index in [2.05, 4.69) is 51.6 Å². The van der Waals surface area contributed by atoms with Crippen LogP contribution in [0.15, 0.2) is 17.2 Å². The molecule has 1 aromatic carbocycles. The van der Waals surface area contributed by atoms with Gasteiger partial charge in [0.05, 0.1) is 16.8 Å². The van der Waals surface area contributed by atoms with E-state index in [4.69, 9.17) is 15.3 Å². The highest BCUT2D eigenvalue weighted by Crippen LogP contribution is 2.38. The third-order valence-electron chi connectivity index (χ3n) is 4.44. The Bertz CT molecular complexity index is 731. The highest BCUT2D eigenvalue weighted by Gasteiger charge is 2.16. The molecule has 1 atom stereocenters. The monoisotopic (exact) mass is 376 g/mol. The molecule has 5 nitrogen and oxygen atoms in total. The van der Waals surface area contributed by atoms with Crippen LogP contribution in [0.4, 0.5) is 10.8 Å². The summed E-state index contributed by atoms with van der Waals surface area (Å²) in [6, 6.07) is 3.85. The average molecular weight is 377 g/mol. The van der Waals surface area contributed by atoms with Crippen LogP contribution in [0.5, 0.6) is 5.75 Å². The summed E-state index contributed by atoms with van der Waals surface area (Å²) in [5.41, 5.74) is 9.31. The third kappa shape index (κ3) is 5.40. The first-order valence-electron chi connectivity index (χ1n) is 9.47. The molecule has 144 valence electrons. The number of hydrogen-bond donors (Lipinski definition) is 1. The van der Waals surface area contributed by atoms with E-state index in [1.165, 1.54) is 6.42 Å². The largest absolute Gasteiger partial charge is 0.491 e. The zero-order chi connectivity index (χ0) is 19.3. The molecule has 0 aliphatic carbocycles. The quantitative estimate of drug-likeness (QED) is 0.499. The van der Waals surface area contributed by atoms with Gasteiger partial charge in [-0.1, -0.05) is 39.0 Å². The van der Waals surface area contributed by atoms with Crippen molar-refractivity contribution in [1.29, 1.82) is 5.53 Å². The molecule has 0 saturated heterocycles. The molecule has 1 aromatic heterocycles. The molecule has 2 aromatic rings. The number of hydrogen-bond acceptors (Lipinski definition) is 6. The summed E-state index contributed by atoms with van der Waals surface area (Å²) in [7, 11) is 0. The number of nitrogens with zero attached hydrogens (tertiary/aromatic N) is 3. The number of nitrogens with one attached hydrogen (secondary N) is 1. The summed E-state index contributed by atoms with van der Waals surface area (Å²) < 4.78 is 7.03. The van der Waals surface area contributed by atoms with Crippen LogP contribution in [-0.2, 0) is 0 Å². The van der Waals surface area contributed by atoms with E-state index in [1.54, 1.807) is 11.3 Å². The molecule has 0 spiro atoms. The van der Waals surface area contributed by atoms with Crippen LogP contribution in [0.3, 0.4) is 0 Å². The first kappa shape index (κ1) is 20.6. The average Bonchev–Trinajstić information content (AvgIpc) is 2.96. The highest BCUT2D eigenvalue weighted by molar-refractivity contribution is 7.22. The van der Waals surface area contributed by atoms with Crippen molar-refractivity contribution in [2.24, 2.45) is 16.4 Å². The summed E-state index contributed by atoms with van der Waals surface area (Å²) in [6.45, 7) is 15.8. The predicted octanol–water partition coefficient (Wildman–Crippen LogP) is 6.65. The fourth-order valence-electron chi connectivity index (χ4n) is 3.28. The second kappa shape index (κ2) is 8.80. The second-order valence-electron chi connectivity index (χ2n) is 8.08. The minimum absolute atomic E-state index is 0.335. The van der Waals surface area contributed by atoms with E-state index >= 15 is 0 Å². The standard InChI is InChI=1S/C20H32N4OS/c1-7-24(8-2)19-22-16-11-17(15(23-21)12-18(16)26-19)25-10-9-14(3)13-20(4,5)6/h11-12,14,21H,7-10,13H2,1-6H3. The molecule has 0 fully saturated rings. The lowest BCUT2D eigenvalue weighted by Gasteiger charge is -2.23. The minimum Gasteiger partial charge on any atom is -0.491 e. The van der Waals surface area contributed by atoms with Gasteiger partial charge in [0, 0.05) is 19.2 Å². The highest BCUT2D eigenvalue weighted by atomic mass is 32.1. The van der Waals surface area contributed by atoms with Crippen molar-refractivity contribution in [1.82, 2.24) is 4.98 Å². The smallest absolute Gasteiger partial charge is 0.186 e. The number of rotatable bonds is 9. The first-order chi connectivity index (χ1) is 12.3. The summed E-state index contributed by atoms with van der Waals surface area (Å²) in [5.74, 6) is 1.26. The normalized spacial score (nSPS) is 13.0. The van der Waals surface area contributed by atoms with Crippen molar-refractivity contribution < 1.29 is 4.74 Å². The number of ether oxygens (including phenoxy) is 1. The predicted molar refractivity (Wildman–Crippen MR) is 111 cm³/mol. The lowest BCUT2D eigenvalue weighted by atomic mass is 9.84. The first-order valence-corrected chi connectivity index (χ1v) is 10.3. The minimum atomic E-state index is 0.335. The molecule has 0 aliphatic heterocycles. The van der Waals surface area contributed by atoms with Gasteiger partial charge in [0.1, 0.15) is 11.4 Å². The van der Waals surface area contributed by atoms with Gasteiger partial charge in [-0.3, -0.25) is 0 Å². The van der Waals surface area contributed by atoms with Crippen molar-refractivity contribution in [2.75, 3.05) is 24.6 Å². The van der Waals surface area contributed by atoms with Crippen molar-refractivity contribution in [3.63, 3.8) is 0 Å². The molecule has 26 heavy (non-hydrogen) atoms. The Morgan fingerprint density at radius 3 is 2.54 bits per heavy atom. The van der Waals surface area contributed by atoms with E-state index in [0.717, 1.165) is 34.9 Å². The Morgan fingerprint density at radius 1 is 1.27 bits per heavy atom. The number of aromatic nitrogens is 1. The topological polar surface area (TPSA) is 61.6 Å². The van der Waals surface area contributed by atoms with Crippen LogP contribution in [-0.4, -0.2) is 24.7 Å². The summed E-state index contributed by atoms with van der Waals surface area (Å²) >= 11 is 1.64. The Labute approximate surface area is 161 Å². The van der Waals surface area contributed by atoms with E-state index in [9.17, 15) is 0 Å².